The number of rotatable bonds is 3. The molecule has 0 bridgehead atoms. The van der Waals surface area contributed by atoms with E-state index in [-0.39, 0.29) is 10.7 Å². The molecule has 1 unspecified atom stereocenters. The van der Waals surface area contributed by atoms with Gasteiger partial charge in [0.05, 0.1) is 15.9 Å². The van der Waals surface area contributed by atoms with E-state index in [1.807, 2.05) is 6.07 Å². The molecule has 0 N–H and O–H groups in total. The van der Waals surface area contributed by atoms with Gasteiger partial charge in [0.2, 0.25) is 0 Å². The molecule has 0 spiro atoms. The SMILES string of the molecule is O=S(=O)(c1ccccc1)n1c(C2CCc3cc(F)ccc3O2)nc2ccccc21. The van der Waals surface area contributed by atoms with Crippen molar-refractivity contribution in [3.8, 4) is 5.75 Å². The Morgan fingerprint density at radius 3 is 2.59 bits per heavy atom. The lowest BCUT2D eigenvalue weighted by Crippen LogP contribution is -2.23. The van der Waals surface area contributed by atoms with Gasteiger partial charge in [0.25, 0.3) is 10.0 Å². The highest BCUT2D eigenvalue weighted by molar-refractivity contribution is 7.90. The Morgan fingerprint density at radius 2 is 1.76 bits per heavy atom. The summed E-state index contributed by atoms with van der Waals surface area (Å²) in [6.07, 6.45) is 0.523. The van der Waals surface area contributed by atoms with E-state index < -0.39 is 16.1 Å². The third-order valence-corrected chi connectivity index (χ3v) is 6.81. The first-order valence-electron chi connectivity index (χ1n) is 9.27. The summed E-state index contributed by atoms with van der Waals surface area (Å²) >= 11 is 0. The fraction of sp³-hybridized carbons (Fsp3) is 0.136. The number of hydrogen-bond donors (Lipinski definition) is 0. The molecule has 0 saturated heterocycles. The van der Waals surface area contributed by atoms with E-state index in [1.54, 1.807) is 54.6 Å². The highest BCUT2D eigenvalue weighted by Crippen LogP contribution is 2.37. The minimum atomic E-state index is -3.87. The largest absolute Gasteiger partial charge is 0.482 e. The second-order valence-corrected chi connectivity index (χ2v) is 8.73. The predicted molar refractivity (Wildman–Crippen MR) is 107 cm³/mol. The zero-order chi connectivity index (χ0) is 20.0. The van der Waals surface area contributed by atoms with E-state index in [4.69, 9.17) is 4.74 Å². The van der Waals surface area contributed by atoms with Gasteiger partial charge in [0.1, 0.15) is 11.6 Å². The molecular weight excluding hydrogens is 391 g/mol. The number of para-hydroxylation sites is 2. The number of nitrogens with zero attached hydrogens (tertiary/aromatic N) is 2. The van der Waals surface area contributed by atoms with Crippen molar-refractivity contribution in [3.05, 3.63) is 90.0 Å². The lowest BCUT2D eigenvalue weighted by Gasteiger charge is -2.26. The Balaban J connectivity index is 1.68. The molecule has 0 aliphatic carbocycles. The first-order valence-corrected chi connectivity index (χ1v) is 10.7. The third kappa shape index (κ3) is 2.98. The monoisotopic (exact) mass is 408 g/mol. The van der Waals surface area contributed by atoms with Crippen molar-refractivity contribution in [3.63, 3.8) is 0 Å². The van der Waals surface area contributed by atoms with Crippen LogP contribution in [0, 0.1) is 5.82 Å². The number of hydrogen-bond acceptors (Lipinski definition) is 4. The quantitative estimate of drug-likeness (QED) is 0.502. The maximum atomic E-state index is 13.5. The minimum absolute atomic E-state index is 0.183. The van der Waals surface area contributed by atoms with E-state index in [9.17, 15) is 12.8 Å². The Morgan fingerprint density at radius 1 is 1.00 bits per heavy atom. The molecule has 29 heavy (non-hydrogen) atoms. The Bertz CT molecular complexity index is 1320. The zero-order valence-corrected chi connectivity index (χ0v) is 16.1. The molecule has 2 heterocycles. The van der Waals surface area contributed by atoms with Gasteiger partial charge in [-0.3, -0.25) is 0 Å². The van der Waals surface area contributed by atoms with Crippen LogP contribution in [0.5, 0.6) is 5.75 Å². The summed E-state index contributed by atoms with van der Waals surface area (Å²) in [7, 11) is -3.87. The van der Waals surface area contributed by atoms with Gasteiger partial charge in [-0.05, 0) is 60.9 Å². The summed E-state index contributed by atoms with van der Waals surface area (Å²) < 4.78 is 47.8. The molecule has 1 aromatic heterocycles. The van der Waals surface area contributed by atoms with Gasteiger partial charge in [-0.2, -0.15) is 0 Å². The van der Waals surface area contributed by atoms with Crippen LogP contribution in [0.15, 0.2) is 77.7 Å². The van der Waals surface area contributed by atoms with Gasteiger partial charge >= 0.3 is 0 Å². The van der Waals surface area contributed by atoms with Gasteiger partial charge in [-0.1, -0.05) is 30.3 Å². The molecule has 3 aromatic carbocycles. The third-order valence-electron chi connectivity index (χ3n) is 5.08. The van der Waals surface area contributed by atoms with E-state index in [0.717, 1.165) is 5.56 Å². The van der Waals surface area contributed by atoms with E-state index >= 15 is 0 Å². The zero-order valence-electron chi connectivity index (χ0n) is 15.3. The predicted octanol–water partition coefficient (Wildman–Crippen LogP) is 4.48. The fourth-order valence-corrected chi connectivity index (χ4v) is 5.24. The van der Waals surface area contributed by atoms with Crippen LogP contribution in [-0.4, -0.2) is 17.4 Å². The van der Waals surface area contributed by atoms with Gasteiger partial charge in [-0.15, -0.1) is 0 Å². The number of halogens is 1. The van der Waals surface area contributed by atoms with Crippen molar-refractivity contribution in [2.24, 2.45) is 0 Å². The Kier molecular flexibility index (Phi) is 4.13. The molecule has 0 fully saturated rings. The molecule has 0 amide bonds. The number of aromatic nitrogens is 2. The summed E-state index contributed by atoms with van der Waals surface area (Å²) in [5, 5.41) is 0. The number of fused-ring (bicyclic) bond motifs is 2. The van der Waals surface area contributed by atoms with Crippen molar-refractivity contribution in [1.29, 1.82) is 0 Å². The lowest BCUT2D eigenvalue weighted by molar-refractivity contribution is 0.166. The van der Waals surface area contributed by atoms with Gasteiger partial charge in [0.15, 0.2) is 11.9 Å². The van der Waals surface area contributed by atoms with Crippen LogP contribution in [0.4, 0.5) is 4.39 Å². The topological polar surface area (TPSA) is 61.2 Å². The summed E-state index contributed by atoms with van der Waals surface area (Å²) in [5.74, 6) is 0.563. The maximum Gasteiger partial charge on any atom is 0.269 e. The Labute approximate surface area is 167 Å². The van der Waals surface area contributed by atoms with Crippen molar-refractivity contribution in [1.82, 2.24) is 8.96 Å². The molecule has 146 valence electrons. The summed E-state index contributed by atoms with van der Waals surface area (Å²) in [4.78, 5) is 4.79. The average molecular weight is 408 g/mol. The van der Waals surface area contributed by atoms with Crippen LogP contribution in [0.3, 0.4) is 0 Å². The molecule has 7 heteroatoms. The van der Waals surface area contributed by atoms with E-state index in [2.05, 4.69) is 4.98 Å². The molecule has 1 atom stereocenters. The summed E-state index contributed by atoms with van der Waals surface area (Å²) in [6.45, 7) is 0. The normalized spacial score (nSPS) is 16.4. The van der Waals surface area contributed by atoms with Crippen molar-refractivity contribution >= 4 is 21.1 Å². The van der Waals surface area contributed by atoms with Crippen molar-refractivity contribution < 1.29 is 17.5 Å². The van der Waals surface area contributed by atoms with Crippen LogP contribution in [-0.2, 0) is 16.4 Å². The molecular formula is C22H17FN2O3S. The molecule has 5 nitrogen and oxygen atoms in total. The minimum Gasteiger partial charge on any atom is -0.482 e. The highest BCUT2D eigenvalue weighted by atomic mass is 32.2. The maximum absolute atomic E-state index is 13.5. The van der Waals surface area contributed by atoms with Crippen LogP contribution in [0.25, 0.3) is 11.0 Å². The van der Waals surface area contributed by atoms with Gasteiger partial charge in [0, 0.05) is 0 Å². The van der Waals surface area contributed by atoms with Crippen molar-refractivity contribution in [2.75, 3.05) is 0 Å². The lowest BCUT2D eigenvalue weighted by atomic mass is 10.0. The molecule has 4 aromatic rings. The smallest absolute Gasteiger partial charge is 0.269 e. The van der Waals surface area contributed by atoms with Crippen molar-refractivity contribution in [2.45, 2.75) is 23.8 Å². The summed E-state index contributed by atoms with van der Waals surface area (Å²) in [5.41, 5.74) is 1.85. The number of ether oxygens (including phenoxy) is 1. The van der Waals surface area contributed by atoms with E-state index in [1.165, 1.54) is 16.1 Å². The van der Waals surface area contributed by atoms with Crippen LogP contribution >= 0.6 is 0 Å². The second kappa shape index (κ2) is 6.70. The fourth-order valence-electron chi connectivity index (χ4n) is 3.71. The standard InChI is InChI=1S/C22H17FN2O3S/c23-16-11-13-20-15(14-16)10-12-21(28-20)22-24-18-8-4-5-9-19(18)25(22)29(26,27)17-6-2-1-3-7-17/h1-9,11,13-14,21H,10,12H2. The molecule has 1 aliphatic rings. The average Bonchev–Trinajstić information content (AvgIpc) is 3.14. The molecule has 0 saturated carbocycles. The number of benzene rings is 3. The first kappa shape index (κ1) is 17.9. The molecule has 1 aliphatic heterocycles. The second-order valence-electron chi connectivity index (χ2n) is 6.94. The molecule has 5 rings (SSSR count). The number of aryl methyl sites for hydroxylation is 1. The van der Waals surface area contributed by atoms with Crippen LogP contribution in [0.2, 0.25) is 0 Å². The number of imidazole rings is 1. The highest BCUT2D eigenvalue weighted by Gasteiger charge is 2.32. The first-order chi connectivity index (χ1) is 14.0. The van der Waals surface area contributed by atoms with Crippen LogP contribution in [0.1, 0.15) is 23.9 Å². The van der Waals surface area contributed by atoms with Gasteiger partial charge < -0.3 is 4.74 Å². The summed E-state index contributed by atoms with van der Waals surface area (Å²) in [6, 6.07) is 19.8. The van der Waals surface area contributed by atoms with Crippen LogP contribution < -0.4 is 4.74 Å². The molecule has 0 radical (unpaired) electrons. The van der Waals surface area contributed by atoms with Gasteiger partial charge in [-0.25, -0.2) is 21.8 Å². The van der Waals surface area contributed by atoms with E-state index in [0.29, 0.717) is 35.4 Å². The Hall–Kier alpha value is -3.19.